The predicted molar refractivity (Wildman–Crippen MR) is 123 cm³/mol. The second kappa shape index (κ2) is 8.36. The summed E-state index contributed by atoms with van der Waals surface area (Å²) >= 11 is 0. The van der Waals surface area contributed by atoms with Gasteiger partial charge in [-0.05, 0) is 46.2 Å². The lowest BCUT2D eigenvalue weighted by atomic mass is 10.1. The second-order valence-corrected chi connectivity index (χ2v) is 8.63. The van der Waals surface area contributed by atoms with Crippen LogP contribution in [-0.2, 0) is 4.74 Å². The highest BCUT2D eigenvalue weighted by Crippen LogP contribution is 2.30. The summed E-state index contributed by atoms with van der Waals surface area (Å²) in [4.78, 5) is 26.0. The van der Waals surface area contributed by atoms with E-state index >= 15 is 0 Å². The summed E-state index contributed by atoms with van der Waals surface area (Å²) in [5.74, 6) is 0.373. The highest BCUT2D eigenvalue weighted by Gasteiger charge is 2.25. The molecule has 0 amide bonds. The molecule has 166 valence electrons. The van der Waals surface area contributed by atoms with E-state index in [0.29, 0.717) is 17.2 Å². The lowest BCUT2D eigenvalue weighted by Gasteiger charge is -2.18. The highest BCUT2D eigenvalue weighted by atomic mass is 16.7. The Morgan fingerprint density at radius 2 is 1.70 bits per heavy atom. The van der Waals surface area contributed by atoms with Gasteiger partial charge in [0.15, 0.2) is 17.2 Å². The molecule has 0 N–H and O–H groups in total. The molecule has 2 aromatic carbocycles. The van der Waals surface area contributed by atoms with Crippen molar-refractivity contribution in [2.24, 2.45) is 0 Å². The van der Waals surface area contributed by atoms with Crippen LogP contribution in [0, 0.1) is 25.2 Å². The van der Waals surface area contributed by atoms with E-state index in [1.54, 1.807) is 25.3 Å². The van der Waals surface area contributed by atoms with E-state index in [9.17, 15) is 10.1 Å². The van der Waals surface area contributed by atoms with Gasteiger partial charge in [-0.25, -0.2) is 19.3 Å². The van der Waals surface area contributed by atoms with Crippen molar-refractivity contribution in [3.8, 4) is 29.2 Å². The molecule has 4 aromatic rings. The maximum Gasteiger partial charge on any atom is 0.516 e. The maximum absolute atomic E-state index is 12.4. The Morgan fingerprint density at radius 3 is 2.33 bits per heavy atom. The number of aryl methyl sites for hydroxylation is 2. The molecular weight excluding hydrogens is 418 g/mol. The zero-order chi connectivity index (χ0) is 23.8. The fourth-order valence-electron chi connectivity index (χ4n) is 3.29. The van der Waals surface area contributed by atoms with Crippen LogP contribution in [0.15, 0.2) is 48.5 Å². The summed E-state index contributed by atoms with van der Waals surface area (Å²) in [7, 11) is 0. The molecule has 8 nitrogen and oxygen atoms in total. The normalized spacial score (nSPS) is 11.3. The standard InChI is InChI=1S/C25H23N5O3/c1-15-10-12-17(13-11-15)21-27-18(14-26)20-22(29-21)30(19-9-7-6-8-16(19)2)23(28-20)32-24(31)33-25(3,4)5/h6-13H,1-5H3. The first-order valence-electron chi connectivity index (χ1n) is 10.4. The van der Waals surface area contributed by atoms with Crippen molar-refractivity contribution in [2.45, 2.75) is 40.2 Å². The minimum Gasteiger partial charge on any atom is -0.428 e. The summed E-state index contributed by atoms with van der Waals surface area (Å²) in [6.45, 7) is 9.14. The van der Waals surface area contributed by atoms with Gasteiger partial charge in [0, 0.05) is 5.56 Å². The van der Waals surface area contributed by atoms with Crippen molar-refractivity contribution in [1.82, 2.24) is 19.5 Å². The Bertz CT molecular complexity index is 1390. The van der Waals surface area contributed by atoms with E-state index < -0.39 is 11.8 Å². The molecule has 2 heterocycles. The monoisotopic (exact) mass is 441 g/mol. The third-order valence-corrected chi connectivity index (χ3v) is 4.81. The van der Waals surface area contributed by atoms with E-state index in [4.69, 9.17) is 14.5 Å². The summed E-state index contributed by atoms with van der Waals surface area (Å²) in [5, 5.41) is 9.79. The minimum absolute atomic E-state index is 0.0552. The van der Waals surface area contributed by atoms with Crippen LogP contribution in [0.5, 0.6) is 6.01 Å². The van der Waals surface area contributed by atoms with Gasteiger partial charge in [0.25, 0.3) is 0 Å². The summed E-state index contributed by atoms with van der Waals surface area (Å²) in [6, 6.07) is 17.3. The number of hydrogen-bond donors (Lipinski definition) is 0. The zero-order valence-corrected chi connectivity index (χ0v) is 19.1. The van der Waals surface area contributed by atoms with Gasteiger partial charge in [0.05, 0.1) is 5.69 Å². The molecule has 0 bridgehead atoms. The lowest BCUT2D eigenvalue weighted by molar-refractivity contribution is 0.0185. The number of carbonyl (C=O) groups excluding carboxylic acids is 1. The predicted octanol–water partition coefficient (Wildman–Crippen LogP) is 5.28. The summed E-state index contributed by atoms with van der Waals surface area (Å²) < 4.78 is 12.4. The van der Waals surface area contributed by atoms with E-state index in [1.165, 1.54) is 0 Å². The molecule has 0 spiro atoms. The summed E-state index contributed by atoms with van der Waals surface area (Å²) in [5.41, 5.74) is 3.38. The van der Waals surface area contributed by atoms with Crippen LogP contribution in [0.2, 0.25) is 0 Å². The molecular formula is C25H23N5O3. The fourth-order valence-corrected chi connectivity index (χ4v) is 3.29. The molecule has 8 heteroatoms. The number of fused-ring (bicyclic) bond motifs is 1. The third-order valence-electron chi connectivity index (χ3n) is 4.81. The second-order valence-electron chi connectivity index (χ2n) is 8.63. The van der Waals surface area contributed by atoms with Crippen molar-refractivity contribution < 1.29 is 14.3 Å². The van der Waals surface area contributed by atoms with Gasteiger partial charge in [-0.15, -0.1) is 0 Å². The number of ether oxygens (including phenoxy) is 2. The van der Waals surface area contributed by atoms with Gasteiger partial charge < -0.3 is 9.47 Å². The fraction of sp³-hybridized carbons (Fsp3) is 0.240. The molecule has 0 aliphatic rings. The number of benzene rings is 2. The average Bonchev–Trinajstić information content (AvgIpc) is 3.10. The number of imidazole rings is 1. The van der Waals surface area contributed by atoms with Crippen LogP contribution < -0.4 is 4.74 Å². The van der Waals surface area contributed by atoms with E-state index in [2.05, 4.69) is 16.0 Å². The molecule has 0 fully saturated rings. The highest BCUT2D eigenvalue weighted by molar-refractivity contribution is 5.82. The lowest BCUT2D eigenvalue weighted by Crippen LogP contribution is -2.26. The quantitative estimate of drug-likeness (QED) is 0.398. The van der Waals surface area contributed by atoms with Crippen LogP contribution >= 0.6 is 0 Å². The molecule has 2 aromatic heterocycles. The van der Waals surface area contributed by atoms with Gasteiger partial charge >= 0.3 is 12.2 Å². The van der Waals surface area contributed by atoms with Crippen LogP contribution in [0.3, 0.4) is 0 Å². The van der Waals surface area contributed by atoms with E-state index in [1.807, 2.05) is 62.4 Å². The Morgan fingerprint density at radius 1 is 1.00 bits per heavy atom. The maximum atomic E-state index is 12.4. The number of nitriles is 1. The molecule has 0 aliphatic carbocycles. The first-order chi connectivity index (χ1) is 15.7. The summed E-state index contributed by atoms with van der Waals surface area (Å²) in [6.07, 6.45) is -0.905. The molecule has 0 aliphatic heterocycles. The SMILES string of the molecule is Cc1ccc(-c2nc(C#N)c3nc(OC(=O)OC(C)(C)C)n(-c4ccccc4C)c3n2)cc1. The third kappa shape index (κ3) is 4.53. The molecule has 0 atom stereocenters. The van der Waals surface area contributed by atoms with E-state index in [0.717, 1.165) is 16.7 Å². The minimum atomic E-state index is -0.905. The van der Waals surface area contributed by atoms with Crippen molar-refractivity contribution >= 4 is 17.3 Å². The molecule has 0 radical (unpaired) electrons. The number of rotatable bonds is 3. The van der Waals surface area contributed by atoms with Gasteiger partial charge in [-0.2, -0.15) is 10.2 Å². The number of para-hydroxylation sites is 1. The van der Waals surface area contributed by atoms with Gasteiger partial charge in [-0.3, -0.25) is 0 Å². The van der Waals surface area contributed by atoms with Crippen molar-refractivity contribution in [2.75, 3.05) is 0 Å². The molecule has 0 saturated carbocycles. The molecule has 33 heavy (non-hydrogen) atoms. The Kier molecular flexibility index (Phi) is 5.56. The smallest absolute Gasteiger partial charge is 0.428 e. The van der Waals surface area contributed by atoms with Crippen molar-refractivity contribution in [1.29, 1.82) is 5.26 Å². The zero-order valence-electron chi connectivity index (χ0n) is 19.1. The first kappa shape index (κ1) is 22.0. The number of hydrogen-bond acceptors (Lipinski definition) is 7. The van der Waals surface area contributed by atoms with Crippen molar-refractivity contribution in [3.05, 3.63) is 65.4 Å². The molecule has 0 saturated heterocycles. The van der Waals surface area contributed by atoms with Crippen LogP contribution in [0.1, 0.15) is 37.6 Å². The number of carbonyl (C=O) groups is 1. The Balaban J connectivity index is 1.97. The van der Waals surface area contributed by atoms with E-state index in [-0.39, 0.29) is 17.2 Å². The Hall–Kier alpha value is -4.25. The average molecular weight is 441 g/mol. The van der Waals surface area contributed by atoms with Crippen LogP contribution in [0.4, 0.5) is 4.79 Å². The van der Waals surface area contributed by atoms with Gasteiger partial charge in [0.1, 0.15) is 17.2 Å². The van der Waals surface area contributed by atoms with Gasteiger partial charge in [0.2, 0.25) is 0 Å². The van der Waals surface area contributed by atoms with Crippen LogP contribution in [0.25, 0.3) is 28.2 Å². The molecule has 0 unspecified atom stereocenters. The van der Waals surface area contributed by atoms with Crippen LogP contribution in [-0.4, -0.2) is 31.3 Å². The molecule has 4 rings (SSSR count). The number of nitrogens with zero attached hydrogens (tertiary/aromatic N) is 5. The first-order valence-corrected chi connectivity index (χ1v) is 10.4. The van der Waals surface area contributed by atoms with Gasteiger partial charge in [-0.1, -0.05) is 48.0 Å². The largest absolute Gasteiger partial charge is 0.516 e. The Labute approximate surface area is 191 Å². The van der Waals surface area contributed by atoms with Crippen molar-refractivity contribution in [3.63, 3.8) is 0 Å². The number of aromatic nitrogens is 4. The topological polar surface area (TPSA) is 103 Å².